The third-order valence-corrected chi connectivity index (χ3v) is 7.88. The van der Waals surface area contributed by atoms with Crippen LogP contribution in [0.1, 0.15) is 43.7 Å². The van der Waals surface area contributed by atoms with E-state index in [0.29, 0.717) is 17.0 Å². The smallest absolute Gasteiger partial charge is 0.251 e. The van der Waals surface area contributed by atoms with E-state index in [1.807, 2.05) is 32.9 Å². The Morgan fingerprint density at radius 3 is 2.09 bits per heavy atom. The van der Waals surface area contributed by atoms with Gasteiger partial charge >= 0.3 is 0 Å². The Kier molecular flexibility index (Phi) is 7.16. The first-order valence-electron chi connectivity index (χ1n) is 11.5. The minimum atomic E-state index is -3.64. The van der Waals surface area contributed by atoms with Crippen molar-refractivity contribution in [3.8, 4) is 0 Å². The van der Waals surface area contributed by atoms with Crippen LogP contribution in [-0.2, 0) is 29.7 Å². The quantitative estimate of drug-likeness (QED) is 0.517. The number of benzene rings is 3. The largest absolute Gasteiger partial charge is 0.351 e. The number of carbonyl (C=O) groups excluding carboxylic acids is 1. The monoisotopic (exact) mass is 477 g/mol. The van der Waals surface area contributed by atoms with Crippen molar-refractivity contribution in [2.75, 3.05) is 13.1 Å². The molecular formula is C27H31N3O3S. The van der Waals surface area contributed by atoms with E-state index in [0.717, 1.165) is 41.9 Å². The van der Waals surface area contributed by atoms with Crippen LogP contribution in [0.25, 0.3) is 0 Å². The van der Waals surface area contributed by atoms with Gasteiger partial charge in [0.05, 0.1) is 4.90 Å². The molecule has 1 heterocycles. The predicted octanol–water partition coefficient (Wildman–Crippen LogP) is 3.84. The van der Waals surface area contributed by atoms with Crippen molar-refractivity contribution in [3.63, 3.8) is 0 Å². The fourth-order valence-corrected chi connectivity index (χ4v) is 6.07. The highest BCUT2D eigenvalue weighted by Gasteiger charge is 2.20. The number of amides is 1. The summed E-state index contributed by atoms with van der Waals surface area (Å²) in [6, 6.07) is 19.2. The molecule has 0 saturated heterocycles. The van der Waals surface area contributed by atoms with Gasteiger partial charge in [-0.3, -0.25) is 9.69 Å². The Labute approximate surface area is 202 Å². The topological polar surface area (TPSA) is 78.5 Å². The van der Waals surface area contributed by atoms with Gasteiger partial charge in [-0.05, 0) is 60.7 Å². The van der Waals surface area contributed by atoms with Gasteiger partial charge in [-0.25, -0.2) is 13.1 Å². The van der Waals surface area contributed by atoms with Crippen molar-refractivity contribution >= 4 is 15.9 Å². The van der Waals surface area contributed by atoms with Gasteiger partial charge in [-0.1, -0.05) is 54.1 Å². The Morgan fingerprint density at radius 1 is 0.912 bits per heavy atom. The summed E-state index contributed by atoms with van der Waals surface area (Å²) in [7, 11) is -3.64. The van der Waals surface area contributed by atoms with Gasteiger partial charge in [0.15, 0.2) is 0 Å². The highest BCUT2D eigenvalue weighted by molar-refractivity contribution is 7.89. The van der Waals surface area contributed by atoms with Crippen LogP contribution < -0.4 is 10.0 Å². The van der Waals surface area contributed by atoms with Crippen LogP contribution in [0.2, 0.25) is 0 Å². The lowest BCUT2D eigenvalue weighted by Gasteiger charge is -2.15. The molecular weight excluding hydrogens is 446 g/mol. The Hall–Kier alpha value is -3.00. The van der Waals surface area contributed by atoms with E-state index in [2.05, 4.69) is 39.2 Å². The SMILES string of the molecule is Cc1cc(C)c(S(=O)(=O)NCc2ccc(C(=O)NCCN3Cc4ccccc4C3)cc2)c(C)c1. The molecule has 0 spiro atoms. The van der Waals surface area contributed by atoms with E-state index in [-0.39, 0.29) is 12.5 Å². The maximum atomic E-state index is 12.9. The molecule has 0 aromatic heterocycles. The van der Waals surface area contributed by atoms with Gasteiger partial charge < -0.3 is 5.32 Å². The third-order valence-electron chi connectivity index (χ3n) is 6.18. The summed E-state index contributed by atoms with van der Waals surface area (Å²) < 4.78 is 28.4. The number of rotatable bonds is 8. The van der Waals surface area contributed by atoms with Crippen LogP contribution in [0.3, 0.4) is 0 Å². The minimum Gasteiger partial charge on any atom is -0.351 e. The molecule has 0 saturated carbocycles. The highest BCUT2D eigenvalue weighted by atomic mass is 32.2. The molecule has 1 aliphatic heterocycles. The Balaban J connectivity index is 1.28. The third kappa shape index (κ3) is 5.55. The lowest BCUT2D eigenvalue weighted by atomic mass is 10.1. The summed E-state index contributed by atoms with van der Waals surface area (Å²) in [5.74, 6) is -0.130. The normalized spacial score (nSPS) is 13.6. The summed E-state index contributed by atoms with van der Waals surface area (Å²) in [4.78, 5) is 15.2. The van der Waals surface area contributed by atoms with Crippen molar-refractivity contribution in [1.82, 2.24) is 14.9 Å². The van der Waals surface area contributed by atoms with Crippen molar-refractivity contribution in [1.29, 1.82) is 0 Å². The molecule has 0 unspecified atom stereocenters. The van der Waals surface area contributed by atoms with Gasteiger partial charge in [0.25, 0.3) is 5.91 Å². The maximum Gasteiger partial charge on any atom is 0.251 e. The second-order valence-electron chi connectivity index (χ2n) is 8.98. The van der Waals surface area contributed by atoms with E-state index >= 15 is 0 Å². The molecule has 7 heteroatoms. The number of hydrogen-bond donors (Lipinski definition) is 2. The molecule has 2 N–H and O–H groups in total. The van der Waals surface area contributed by atoms with Gasteiger partial charge in [-0.2, -0.15) is 0 Å². The first kappa shape index (κ1) is 24.1. The molecule has 3 aromatic carbocycles. The lowest BCUT2D eigenvalue weighted by Crippen LogP contribution is -2.32. The van der Waals surface area contributed by atoms with Crippen LogP contribution in [0.15, 0.2) is 65.6 Å². The molecule has 3 aromatic rings. The second-order valence-corrected chi connectivity index (χ2v) is 10.7. The average Bonchev–Trinajstić information content (AvgIpc) is 3.20. The van der Waals surface area contributed by atoms with Crippen molar-refractivity contribution in [2.45, 2.75) is 45.3 Å². The number of aryl methyl sites for hydroxylation is 3. The highest BCUT2D eigenvalue weighted by Crippen LogP contribution is 2.22. The molecule has 4 rings (SSSR count). The molecule has 0 aliphatic carbocycles. The molecule has 34 heavy (non-hydrogen) atoms. The summed E-state index contributed by atoms with van der Waals surface area (Å²) >= 11 is 0. The second kappa shape index (κ2) is 10.1. The average molecular weight is 478 g/mol. The predicted molar refractivity (Wildman–Crippen MR) is 134 cm³/mol. The number of nitrogens with zero attached hydrogens (tertiary/aromatic N) is 1. The van der Waals surface area contributed by atoms with Gasteiger partial charge in [0.2, 0.25) is 10.0 Å². The molecule has 6 nitrogen and oxygen atoms in total. The maximum absolute atomic E-state index is 12.9. The minimum absolute atomic E-state index is 0.130. The zero-order chi connectivity index (χ0) is 24.3. The number of hydrogen-bond acceptors (Lipinski definition) is 4. The Bertz CT molecular complexity index is 1250. The molecule has 1 amide bonds. The number of nitrogens with one attached hydrogen (secondary N) is 2. The van der Waals surface area contributed by atoms with Crippen LogP contribution in [0.5, 0.6) is 0 Å². The summed E-state index contributed by atoms with van der Waals surface area (Å²) in [5, 5.41) is 2.97. The van der Waals surface area contributed by atoms with Gasteiger partial charge in [0, 0.05) is 38.3 Å². The first-order valence-corrected chi connectivity index (χ1v) is 12.9. The van der Waals surface area contributed by atoms with Crippen LogP contribution in [0.4, 0.5) is 0 Å². The van der Waals surface area contributed by atoms with Crippen LogP contribution in [0, 0.1) is 20.8 Å². The standard InChI is InChI=1S/C27H31N3O3S/c1-19-14-20(2)26(21(3)15-19)34(32,33)29-16-22-8-10-23(11-9-22)27(31)28-12-13-30-17-24-6-4-5-7-25(24)18-30/h4-11,14-15,29H,12-13,16-18H2,1-3H3,(H,28,31). The van der Waals surface area contributed by atoms with Gasteiger partial charge in [0.1, 0.15) is 0 Å². The summed E-state index contributed by atoms with van der Waals surface area (Å²) in [5.41, 5.74) is 6.55. The number of carbonyl (C=O) groups is 1. The van der Waals surface area contributed by atoms with E-state index in [9.17, 15) is 13.2 Å². The van der Waals surface area contributed by atoms with Crippen molar-refractivity contribution < 1.29 is 13.2 Å². The van der Waals surface area contributed by atoms with Crippen LogP contribution >= 0.6 is 0 Å². The zero-order valence-corrected chi connectivity index (χ0v) is 20.7. The summed E-state index contributed by atoms with van der Waals surface area (Å²) in [6.07, 6.45) is 0. The van der Waals surface area contributed by atoms with E-state index in [1.165, 1.54) is 11.1 Å². The molecule has 0 radical (unpaired) electrons. The molecule has 178 valence electrons. The van der Waals surface area contributed by atoms with Crippen molar-refractivity contribution in [2.24, 2.45) is 0 Å². The van der Waals surface area contributed by atoms with Crippen molar-refractivity contribution in [3.05, 3.63) is 99.6 Å². The summed E-state index contributed by atoms with van der Waals surface area (Å²) in [6.45, 7) is 8.92. The number of fused-ring (bicyclic) bond motifs is 1. The van der Waals surface area contributed by atoms with E-state index < -0.39 is 10.0 Å². The zero-order valence-electron chi connectivity index (χ0n) is 19.9. The molecule has 0 atom stereocenters. The van der Waals surface area contributed by atoms with Gasteiger partial charge in [-0.15, -0.1) is 0 Å². The van der Waals surface area contributed by atoms with E-state index in [1.54, 1.807) is 24.3 Å². The number of sulfonamides is 1. The molecule has 0 bridgehead atoms. The van der Waals surface area contributed by atoms with Crippen LogP contribution in [-0.4, -0.2) is 32.3 Å². The first-order chi connectivity index (χ1) is 16.2. The van der Waals surface area contributed by atoms with E-state index in [4.69, 9.17) is 0 Å². The lowest BCUT2D eigenvalue weighted by molar-refractivity contribution is 0.0948. The fourth-order valence-electron chi connectivity index (χ4n) is 4.61. The molecule has 1 aliphatic rings. The molecule has 0 fully saturated rings. The Morgan fingerprint density at radius 2 is 1.50 bits per heavy atom. The fraction of sp³-hybridized carbons (Fsp3) is 0.296.